The Balaban J connectivity index is 0.00000242. The molecule has 0 spiro atoms. The quantitative estimate of drug-likeness (QED) is 0.822. The Labute approximate surface area is 136 Å². The first kappa shape index (κ1) is 18.4. The van der Waals surface area contributed by atoms with Crippen molar-refractivity contribution in [3.63, 3.8) is 0 Å². The summed E-state index contributed by atoms with van der Waals surface area (Å²) in [5, 5.41) is 1.66. The highest BCUT2D eigenvalue weighted by Crippen LogP contribution is 2.33. The van der Waals surface area contributed by atoms with Gasteiger partial charge in [-0.15, -0.1) is 0 Å². The van der Waals surface area contributed by atoms with E-state index in [0.29, 0.717) is 5.75 Å². The summed E-state index contributed by atoms with van der Waals surface area (Å²) in [5.41, 5.74) is 1.75. The lowest BCUT2D eigenvalue weighted by atomic mass is 10.3. The van der Waals surface area contributed by atoms with Crippen LogP contribution in [0.2, 0.25) is 0 Å². The van der Waals surface area contributed by atoms with E-state index in [1.807, 2.05) is 19.1 Å². The molecule has 2 aromatic rings. The molecule has 1 atom stereocenters. The normalized spacial score (nSPS) is 11.6. The van der Waals surface area contributed by atoms with Crippen LogP contribution in [0.4, 0.5) is 5.00 Å². The first-order valence-corrected chi connectivity index (χ1v) is 8.98. The molecule has 2 N–H and O–H groups in total. The fourth-order valence-electron chi connectivity index (χ4n) is 1.82. The van der Waals surface area contributed by atoms with Crippen molar-refractivity contribution in [2.75, 3.05) is 24.0 Å². The lowest BCUT2D eigenvalue weighted by Crippen LogP contribution is -2.27. The number of aryl methyl sites for hydroxylation is 1. The molecule has 0 aliphatic carbocycles. The lowest BCUT2D eigenvalue weighted by molar-refractivity contribution is -0.117. The van der Waals surface area contributed by atoms with Crippen molar-refractivity contribution in [1.29, 1.82) is 0 Å². The predicted molar refractivity (Wildman–Crippen MR) is 90.7 cm³/mol. The molecule has 0 bridgehead atoms. The van der Waals surface area contributed by atoms with Gasteiger partial charge in [0, 0.05) is 54.2 Å². The van der Waals surface area contributed by atoms with Crippen LogP contribution in [0.3, 0.4) is 0 Å². The second-order valence-electron chi connectivity index (χ2n) is 4.63. The van der Waals surface area contributed by atoms with Gasteiger partial charge in [0.25, 0.3) is 0 Å². The molecule has 1 unspecified atom stereocenters. The highest BCUT2D eigenvalue weighted by Gasteiger charge is 2.18. The van der Waals surface area contributed by atoms with Gasteiger partial charge in [-0.05, 0) is 19.1 Å². The molecule has 1 amide bonds. The Hall–Kier alpha value is -1.64. The van der Waals surface area contributed by atoms with E-state index in [1.165, 1.54) is 11.3 Å². The number of aromatic nitrogens is 2. The molecule has 0 aliphatic rings. The van der Waals surface area contributed by atoms with E-state index in [2.05, 4.69) is 9.97 Å². The van der Waals surface area contributed by atoms with E-state index < -0.39 is 10.8 Å². The van der Waals surface area contributed by atoms with Gasteiger partial charge in [0.15, 0.2) is 0 Å². The maximum Gasteiger partial charge on any atom is 0.228 e. The van der Waals surface area contributed by atoms with Gasteiger partial charge in [-0.1, -0.05) is 11.3 Å². The van der Waals surface area contributed by atoms with E-state index in [0.717, 1.165) is 21.3 Å². The van der Waals surface area contributed by atoms with Crippen LogP contribution in [0.15, 0.2) is 24.5 Å². The average Bonchev–Trinajstić information content (AvgIpc) is 2.86. The third-order valence-electron chi connectivity index (χ3n) is 2.96. The molecular weight excluding hydrogens is 322 g/mol. The van der Waals surface area contributed by atoms with Gasteiger partial charge in [0.2, 0.25) is 5.91 Å². The Morgan fingerprint density at radius 1 is 1.45 bits per heavy atom. The van der Waals surface area contributed by atoms with Crippen LogP contribution in [0, 0.1) is 6.92 Å². The number of nitrogens with zero attached hydrogens (tertiary/aromatic N) is 3. The molecule has 0 fully saturated rings. The highest BCUT2D eigenvalue weighted by molar-refractivity contribution is 7.84. The third kappa shape index (κ3) is 4.43. The van der Waals surface area contributed by atoms with E-state index in [9.17, 15) is 9.00 Å². The molecule has 8 heteroatoms. The lowest BCUT2D eigenvalue weighted by Gasteiger charge is -2.15. The molecule has 2 aromatic heterocycles. The predicted octanol–water partition coefficient (Wildman–Crippen LogP) is 1.42. The van der Waals surface area contributed by atoms with Gasteiger partial charge < -0.3 is 10.4 Å². The summed E-state index contributed by atoms with van der Waals surface area (Å²) in [5.74, 6) is 0.339. The first-order chi connectivity index (χ1) is 9.99. The van der Waals surface area contributed by atoms with Gasteiger partial charge in [-0.3, -0.25) is 14.0 Å². The standard InChI is InChI=1S/C14H17N3O2S2.H2O/c1-10-14(17(2)12(18)6-8-21(3)19)20-13(16-10)11-5-4-7-15-9-11;/h4-5,7,9H,6,8H2,1-3H3;1H2. The molecule has 0 saturated carbocycles. The molecule has 2 heterocycles. The molecule has 0 radical (unpaired) electrons. The minimum atomic E-state index is -0.957. The summed E-state index contributed by atoms with van der Waals surface area (Å²) in [6, 6.07) is 3.80. The van der Waals surface area contributed by atoms with Gasteiger partial charge in [0.1, 0.15) is 10.0 Å². The number of hydrogen-bond donors (Lipinski definition) is 0. The van der Waals surface area contributed by atoms with Crippen LogP contribution in [-0.2, 0) is 15.6 Å². The number of anilines is 1. The summed E-state index contributed by atoms with van der Waals surface area (Å²) in [4.78, 5) is 22.3. The van der Waals surface area contributed by atoms with Crippen molar-refractivity contribution in [3.8, 4) is 10.6 Å². The molecule has 2 rings (SSSR count). The summed E-state index contributed by atoms with van der Waals surface area (Å²) in [6.07, 6.45) is 5.35. The van der Waals surface area contributed by atoms with Crippen LogP contribution < -0.4 is 4.90 Å². The largest absolute Gasteiger partial charge is 0.412 e. The number of hydrogen-bond acceptors (Lipinski definition) is 5. The first-order valence-electron chi connectivity index (χ1n) is 6.43. The zero-order valence-corrected chi connectivity index (χ0v) is 14.3. The van der Waals surface area contributed by atoms with Crippen molar-refractivity contribution < 1.29 is 14.5 Å². The summed E-state index contributed by atoms with van der Waals surface area (Å²) in [6.45, 7) is 1.88. The smallest absolute Gasteiger partial charge is 0.228 e. The Morgan fingerprint density at radius 3 is 2.77 bits per heavy atom. The van der Waals surface area contributed by atoms with Gasteiger partial charge in [0.05, 0.1) is 5.69 Å². The average molecular weight is 341 g/mol. The summed E-state index contributed by atoms with van der Waals surface area (Å²) < 4.78 is 11.1. The third-order valence-corrected chi connectivity index (χ3v) is 5.02. The van der Waals surface area contributed by atoms with E-state index in [-0.39, 0.29) is 17.8 Å². The summed E-state index contributed by atoms with van der Waals surface area (Å²) >= 11 is 1.46. The number of rotatable bonds is 5. The minimum absolute atomic E-state index is 0. The zero-order valence-electron chi connectivity index (χ0n) is 12.7. The molecule has 6 nitrogen and oxygen atoms in total. The number of thiazole rings is 1. The topological polar surface area (TPSA) is 94.7 Å². The van der Waals surface area contributed by atoms with Crippen LogP contribution in [0.5, 0.6) is 0 Å². The maximum atomic E-state index is 12.1. The highest BCUT2D eigenvalue weighted by atomic mass is 32.2. The fraction of sp³-hybridized carbons (Fsp3) is 0.357. The zero-order chi connectivity index (χ0) is 15.4. The number of carbonyl (C=O) groups excluding carboxylic acids is 1. The van der Waals surface area contributed by atoms with Gasteiger partial charge in [-0.2, -0.15) is 0 Å². The Morgan fingerprint density at radius 2 is 2.18 bits per heavy atom. The maximum absolute atomic E-state index is 12.1. The summed E-state index contributed by atoms with van der Waals surface area (Å²) in [7, 11) is 0.774. The Kier molecular flexibility index (Phi) is 6.79. The van der Waals surface area contributed by atoms with Crippen molar-refractivity contribution in [1.82, 2.24) is 9.97 Å². The van der Waals surface area contributed by atoms with E-state index >= 15 is 0 Å². The number of amides is 1. The van der Waals surface area contributed by atoms with Crippen LogP contribution in [0.1, 0.15) is 12.1 Å². The molecule has 120 valence electrons. The minimum Gasteiger partial charge on any atom is -0.412 e. The van der Waals surface area contributed by atoms with Crippen molar-refractivity contribution >= 4 is 33.0 Å². The number of pyridine rings is 1. The van der Waals surface area contributed by atoms with E-state index in [1.54, 1.807) is 30.6 Å². The van der Waals surface area contributed by atoms with Gasteiger partial charge in [-0.25, -0.2) is 4.98 Å². The SMILES string of the molecule is Cc1nc(-c2cccnc2)sc1N(C)C(=O)CCS(C)=O.O. The second kappa shape index (κ2) is 8.11. The van der Waals surface area contributed by atoms with Crippen LogP contribution in [0.25, 0.3) is 10.6 Å². The number of carbonyl (C=O) groups is 1. The van der Waals surface area contributed by atoms with Gasteiger partial charge >= 0.3 is 0 Å². The molecular formula is C14H19N3O3S2. The van der Waals surface area contributed by atoms with Crippen molar-refractivity contribution in [2.24, 2.45) is 0 Å². The Bertz CT molecular complexity index is 659. The van der Waals surface area contributed by atoms with Crippen LogP contribution >= 0.6 is 11.3 Å². The van der Waals surface area contributed by atoms with E-state index in [4.69, 9.17) is 0 Å². The van der Waals surface area contributed by atoms with Crippen molar-refractivity contribution in [2.45, 2.75) is 13.3 Å². The molecule has 22 heavy (non-hydrogen) atoms. The monoisotopic (exact) mass is 341 g/mol. The molecule has 0 saturated heterocycles. The fourth-order valence-corrected chi connectivity index (χ4v) is 3.32. The van der Waals surface area contributed by atoms with Crippen molar-refractivity contribution in [3.05, 3.63) is 30.2 Å². The molecule has 0 aliphatic heterocycles. The van der Waals surface area contributed by atoms with Crippen LogP contribution in [-0.4, -0.2) is 44.6 Å². The second-order valence-corrected chi connectivity index (χ2v) is 7.16. The molecule has 0 aromatic carbocycles.